The molecule has 1 unspecified atom stereocenters. The van der Waals surface area contributed by atoms with Crippen molar-refractivity contribution in [2.45, 2.75) is 19.5 Å². The predicted octanol–water partition coefficient (Wildman–Crippen LogP) is 0.926. The molecule has 0 saturated heterocycles. The highest BCUT2D eigenvalue weighted by atomic mass is 16.6. The molecule has 1 aromatic rings. The number of nitrogens with two attached hydrogens (primary N) is 1. The summed E-state index contributed by atoms with van der Waals surface area (Å²) in [6.45, 7) is 2.62. The lowest BCUT2D eigenvalue weighted by Crippen LogP contribution is -2.34. The van der Waals surface area contributed by atoms with Crippen molar-refractivity contribution in [1.29, 1.82) is 0 Å². The van der Waals surface area contributed by atoms with Crippen molar-refractivity contribution in [2.24, 2.45) is 5.73 Å². The van der Waals surface area contributed by atoms with E-state index in [2.05, 4.69) is 4.74 Å². The van der Waals surface area contributed by atoms with E-state index in [1.807, 2.05) is 18.9 Å². The van der Waals surface area contributed by atoms with Gasteiger partial charge in [0.2, 0.25) is 0 Å². The molecule has 0 fully saturated rings. The lowest BCUT2D eigenvalue weighted by atomic mass is 10.1. The van der Waals surface area contributed by atoms with E-state index in [9.17, 15) is 14.9 Å². The number of ether oxygens (including phenoxy) is 2. The van der Waals surface area contributed by atoms with Crippen molar-refractivity contribution in [2.75, 3.05) is 27.3 Å². The highest BCUT2D eigenvalue weighted by molar-refractivity contribution is 5.71. The molecule has 8 nitrogen and oxygen atoms in total. The molecule has 0 amide bonds. The first-order valence-corrected chi connectivity index (χ1v) is 6.76. The van der Waals surface area contributed by atoms with E-state index < -0.39 is 10.9 Å². The standard InChI is InChI=1S/C14H21N3O5/c1-10(7-15)16(2)8-11-4-5-13(12(6-11)17(19)20)22-9-14(18)21-3/h4-6,10H,7-9,15H2,1-3H3. The molecule has 8 heteroatoms. The van der Waals surface area contributed by atoms with Gasteiger partial charge < -0.3 is 15.2 Å². The Kier molecular flexibility index (Phi) is 6.74. The minimum Gasteiger partial charge on any atom is -0.475 e. The first kappa shape index (κ1) is 17.9. The number of esters is 1. The summed E-state index contributed by atoms with van der Waals surface area (Å²) in [7, 11) is 3.11. The van der Waals surface area contributed by atoms with Gasteiger partial charge in [-0.15, -0.1) is 0 Å². The molecule has 0 radical (unpaired) electrons. The number of nitro benzene ring substituents is 1. The smallest absolute Gasteiger partial charge is 0.343 e. The zero-order valence-corrected chi connectivity index (χ0v) is 12.9. The monoisotopic (exact) mass is 311 g/mol. The fraction of sp³-hybridized carbons (Fsp3) is 0.500. The van der Waals surface area contributed by atoms with Crippen LogP contribution in [0.4, 0.5) is 5.69 Å². The SMILES string of the molecule is COC(=O)COc1ccc(CN(C)C(C)CN)cc1[N+](=O)[O-]. The first-order valence-electron chi connectivity index (χ1n) is 6.76. The van der Waals surface area contributed by atoms with Crippen molar-refractivity contribution in [1.82, 2.24) is 4.90 Å². The Morgan fingerprint density at radius 2 is 2.18 bits per heavy atom. The normalized spacial score (nSPS) is 12.0. The van der Waals surface area contributed by atoms with Gasteiger partial charge in [0.1, 0.15) is 0 Å². The van der Waals surface area contributed by atoms with Crippen molar-refractivity contribution in [3.63, 3.8) is 0 Å². The number of carbonyl (C=O) groups is 1. The molecule has 0 bridgehead atoms. The van der Waals surface area contributed by atoms with Crippen molar-refractivity contribution in [3.05, 3.63) is 33.9 Å². The minimum absolute atomic E-state index is 0.0358. The first-order chi connectivity index (χ1) is 10.4. The largest absolute Gasteiger partial charge is 0.475 e. The summed E-state index contributed by atoms with van der Waals surface area (Å²) in [6.07, 6.45) is 0. The third-order valence-electron chi connectivity index (χ3n) is 3.32. The average molecular weight is 311 g/mol. The topological polar surface area (TPSA) is 108 Å². The summed E-state index contributed by atoms with van der Waals surface area (Å²) in [6, 6.07) is 4.80. The van der Waals surface area contributed by atoms with Crippen LogP contribution in [0.15, 0.2) is 18.2 Å². The van der Waals surface area contributed by atoms with Gasteiger partial charge in [0, 0.05) is 25.2 Å². The number of carbonyl (C=O) groups excluding carboxylic acids is 1. The molecule has 0 spiro atoms. The molecule has 2 N–H and O–H groups in total. The summed E-state index contributed by atoms with van der Waals surface area (Å²) in [5.41, 5.74) is 6.18. The van der Waals surface area contributed by atoms with Gasteiger partial charge in [-0.2, -0.15) is 0 Å². The maximum Gasteiger partial charge on any atom is 0.343 e. The van der Waals surface area contributed by atoms with Crippen LogP contribution in [0.3, 0.4) is 0 Å². The lowest BCUT2D eigenvalue weighted by Gasteiger charge is -2.23. The number of nitrogens with zero attached hydrogens (tertiary/aromatic N) is 2. The molecule has 1 aromatic carbocycles. The number of nitro groups is 1. The van der Waals surface area contributed by atoms with Gasteiger partial charge in [0.15, 0.2) is 12.4 Å². The van der Waals surface area contributed by atoms with Gasteiger partial charge in [0.05, 0.1) is 12.0 Å². The summed E-state index contributed by atoms with van der Waals surface area (Å²) in [4.78, 5) is 23.6. The molecule has 1 atom stereocenters. The highest BCUT2D eigenvalue weighted by Crippen LogP contribution is 2.28. The van der Waals surface area contributed by atoms with E-state index in [1.165, 1.54) is 19.2 Å². The van der Waals surface area contributed by atoms with Crippen LogP contribution in [0.1, 0.15) is 12.5 Å². The highest BCUT2D eigenvalue weighted by Gasteiger charge is 2.18. The van der Waals surface area contributed by atoms with Crippen LogP contribution in [0.5, 0.6) is 5.75 Å². The van der Waals surface area contributed by atoms with Crippen LogP contribution >= 0.6 is 0 Å². The van der Waals surface area contributed by atoms with E-state index in [1.54, 1.807) is 6.07 Å². The van der Waals surface area contributed by atoms with Crippen LogP contribution in [-0.4, -0.2) is 49.1 Å². The van der Waals surface area contributed by atoms with E-state index in [4.69, 9.17) is 10.5 Å². The molecular formula is C14H21N3O5. The fourth-order valence-electron chi connectivity index (χ4n) is 1.75. The van der Waals surface area contributed by atoms with Crippen molar-refractivity contribution in [3.8, 4) is 5.75 Å². The molecular weight excluding hydrogens is 290 g/mol. The number of benzene rings is 1. The lowest BCUT2D eigenvalue weighted by molar-refractivity contribution is -0.385. The Morgan fingerprint density at radius 1 is 1.50 bits per heavy atom. The molecule has 22 heavy (non-hydrogen) atoms. The molecule has 0 aliphatic heterocycles. The van der Waals surface area contributed by atoms with E-state index >= 15 is 0 Å². The molecule has 0 saturated carbocycles. The summed E-state index contributed by atoms with van der Waals surface area (Å²) < 4.78 is 9.56. The number of likely N-dealkylation sites (N-methyl/N-ethyl adjacent to an activating group) is 1. The molecule has 0 aliphatic rings. The van der Waals surface area contributed by atoms with Crippen LogP contribution in [0.2, 0.25) is 0 Å². The molecule has 0 heterocycles. The summed E-state index contributed by atoms with van der Waals surface area (Å²) in [5.74, 6) is -0.566. The second-order valence-electron chi connectivity index (χ2n) is 4.92. The van der Waals surface area contributed by atoms with Crippen molar-refractivity contribution >= 4 is 11.7 Å². The zero-order valence-electron chi connectivity index (χ0n) is 12.9. The predicted molar refractivity (Wildman–Crippen MR) is 80.6 cm³/mol. The van der Waals surface area contributed by atoms with E-state index in [-0.39, 0.29) is 24.1 Å². The van der Waals surface area contributed by atoms with Gasteiger partial charge in [-0.25, -0.2) is 4.79 Å². The molecule has 122 valence electrons. The van der Waals surface area contributed by atoms with Crippen LogP contribution < -0.4 is 10.5 Å². The van der Waals surface area contributed by atoms with Crippen LogP contribution in [0, 0.1) is 10.1 Å². The third kappa shape index (κ3) is 4.97. The average Bonchev–Trinajstić information content (AvgIpc) is 2.51. The maximum absolute atomic E-state index is 11.1. The zero-order chi connectivity index (χ0) is 16.7. The molecule has 0 aliphatic carbocycles. The molecule has 0 aromatic heterocycles. The Labute approximate surface area is 128 Å². The number of methoxy groups -OCH3 is 1. The Balaban J connectivity index is 2.90. The summed E-state index contributed by atoms with van der Waals surface area (Å²) in [5, 5.41) is 11.1. The summed E-state index contributed by atoms with van der Waals surface area (Å²) >= 11 is 0. The second kappa shape index (κ2) is 8.30. The van der Waals surface area contributed by atoms with Gasteiger partial charge in [-0.3, -0.25) is 15.0 Å². The Hall–Kier alpha value is -2.19. The van der Waals surface area contributed by atoms with E-state index in [0.717, 1.165) is 5.56 Å². The van der Waals surface area contributed by atoms with Gasteiger partial charge in [-0.1, -0.05) is 6.07 Å². The van der Waals surface area contributed by atoms with E-state index in [0.29, 0.717) is 13.1 Å². The van der Waals surface area contributed by atoms with Crippen LogP contribution in [-0.2, 0) is 16.1 Å². The van der Waals surface area contributed by atoms with Crippen molar-refractivity contribution < 1.29 is 19.2 Å². The third-order valence-corrected chi connectivity index (χ3v) is 3.32. The second-order valence-corrected chi connectivity index (χ2v) is 4.92. The quantitative estimate of drug-likeness (QED) is 0.432. The van der Waals surface area contributed by atoms with Gasteiger partial charge >= 0.3 is 11.7 Å². The Bertz CT molecular complexity index is 535. The Morgan fingerprint density at radius 3 is 2.73 bits per heavy atom. The fourth-order valence-corrected chi connectivity index (χ4v) is 1.75. The molecule has 1 rings (SSSR count). The minimum atomic E-state index is -0.602. The number of rotatable bonds is 8. The number of hydrogen-bond acceptors (Lipinski definition) is 7. The van der Waals surface area contributed by atoms with Gasteiger partial charge in [0.25, 0.3) is 0 Å². The van der Waals surface area contributed by atoms with Crippen LogP contribution in [0.25, 0.3) is 0 Å². The number of hydrogen-bond donors (Lipinski definition) is 1. The maximum atomic E-state index is 11.1. The van der Waals surface area contributed by atoms with Gasteiger partial charge in [-0.05, 0) is 25.6 Å².